The fourth-order valence-electron chi connectivity index (χ4n) is 3.58. The van der Waals surface area contributed by atoms with Gasteiger partial charge in [0.1, 0.15) is 11.3 Å². The number of carbonyl (C=O) groups excluding carboxylic acids is 2. The third-order valence-corrected chi connectivity index (χ3v) is 5.40. The number of hydrogen-bond donors (Lipinski definition) is 1. The highest BCUT2D eigenvalue weighted by Gasteiger charge is 2.34. The molecule has 0 unspecified atom stereocenters. The van der Waals surface area contributed by atoms with E-state index in [4.69, 9.17) is 17.0 Å². The minimum Gasteiger partial charge on any atom is -0.497 e. The van der Waals surface area contributed by atoms with Gasteiger partial charge in [-0.15, -0.1) is 0 Å². The Morgan fingerprint density at radius 2 is 1.77 bits per heavy atom. The molecule has 7 heteroatoms. The number of ether oxygens (including phenoxy) is 1. The summed E-state index contributed by atoms with van der Waals surface area (Å²) in [5.41, 5.74) is 4.51. The van der Waals surface area contributed by atoms with Crippen LogP contribution in [0.4, 0.5) is 5.69 Å². The number of thiocarbonyl (C=S) groups is 1. The van der Waals surface area contributed by atoms with Gasteiger partial charge in [0, 0.05) is 17.6 Å². The quantitative estimate of drug-likeness (QED) is 0.386. The number of amides is 2. The van der Waals surface area contributed by atoms with Crippen molar-refractivity contribution in [1.82, 2.24) is 9.88 Å². The smallest absolute Gasteiger partial charge is 0.270 e. The van der Waals surface area contributed by atoms with Gasteiger partial charge < -0.3 is 9.30 Å². The Morgan fingerprint density at radius 1 is 1.03 bits per heavy atom. The molecule has 6 nitrogen and oxygen atoms in total. The van der Waals surface area contributed by atoms with E-state index in [0.29, 0.717) is 17.1 Å². The number of methoxy groups -OCH3 is 1. The molecule has 31 heavy (non-hydrogen) atoms. The molecule has 1 fully saturated rings. The summed E-state index contributed by atoms with van der Waals surface area (Å²) in [4.78, 5) is 27.2. The van der Waals surface area contributed by atoms with Gasteiger partial charge in [-0.25, -0.2) is 0 Å². The maximum absolute atomic E-state index is 13.3. The largest absolute Gasteiger partial charge is 0.497 e. The van der Waals surface area contributed by atoms with Crippen molar-refractivity contribution in [2.75, 3.05) is 12.0 Å². The van der Waals surface area contributed by atoms with Gasteiger partial charge in [-0.1, -0.05) is 17.7 Å². The molecular weight excluding hydrogens is 410 g/mol. The number of aromatic nitrogens is 1. The summed E-state index contributed by atoms with van der Waals surface area (Å²) in [5, 5.41) is 2.66. The molecule has 1 N–H and O–H groups in total. The first-order chi connectivity index (χ1) is 14.9. The maximum atomic E-state index is 13.3. The van der Waals surface area contributed by atoms with E-state index >= 15 is 0 Å². The van der Waals surface area contributed by atoms with Crippen LogP contribution in [0.5, 0.6) is 5.75 Å². The Labute approximate surface area is 185 Å². The second-order valence-corrected chi connectivity index (χ2v) is 7.64. The van der Waals surface area contributed by atoms with E-state index in [9.17, 15) is 9.59 Å². The summed E-state index contributed by atoms with van der Waals surface area (Å²) < 4.78 is 7.12. The molecule has 0 bridgehead atoms. The number of nitrogens with one attached hydrogen (secondary N) is 1. The molecule has 2 amide bonds. The zero-order chi connectivity index (χ0) is 22.1. The lowest BCUT2D eigenvalue weighted by atomic mass is 10.1. The summed E-state index contributed by atoms with van der Waals surface area (Å²) in [6, 6.07) is 16.8. The Bertz CT molecular complexity index is 1230. The van der Waals surface area contributed by atoms with Gasteiger partial charge in [0.05, 0.1) is 12.8 Å². The SMILES string of the molecule is COc1ccc(N2C(=O)C(=Cc3cccn3-c3ccc(C)cc3C)C(=O)NC2=S)cc1. The van der Waals surface area contributed by atoms with Crippen molar-refractivity contribution in [2.24, 2.45) is 0 Å². The van der Waals surface area contributed by atoms with Crippen molar-refractivity contribution < 1.29 is 14.3 Å². The standard InChI is InChI=1S/C24H21N3O3S/c1-15-6-11-21(16(2)13-15)26-12-4-5-18(26)14-20-22(28)25-24(31)27(23(20)29)17-7-9-19(30-3)10-8-17/h4-14H,1-3H3,(H,25,28,31). The average molecular weight is 432 g/mol. The molecule has 2 heterocycles. The summed E-state index contributed by atoms with van der Waals surface area (Å²) in [6.45, 7) is 4.07. The molecule has 4 rings (SSSR count). The van der Waals surface area contributed by atoms with Crippen molar-refractivity contribution in [3.63, 3.8) is 0 Å². The van der Waals surface area contributed by atoms with Crippen molar-refractivity contribution in [1.29, 1.82) is 0 Å². The second kappa shape index (κ2) is 8.20. The van der Waals surface area contributed by atoms with Gasteiger partial charge in [0.2, 0.25) is 0 Å². The Hall–Kier alpha value is -3.71. The molecule has 1 saturated heterocycles. The lowest BCUT2D eigenvalue weighted by Crippen LogP contribution is -2.54. The highest BCUT2D eigenvalue weighted by molar-refractivity contribution is 7.80. The van der Waals surface area contributed by atoms with Crippen LogP contribution >= 0.6 is 12.2 Å². The van der Waals surface area contributed by atoms with Gasteiger partial charge >= 0.3 is 0 Å². The van der Waals surface area contributed by atoms with Crippen LogP contribution in [0.3, 0.4) is 0 Å². The van der Waals surface area contributed by atoms with Crippen molar-refractivity contribution >= 4 is 40.9 Å². The number of carbonyl (C=O) groups is 2. The molecule has 0 spiro atoms. The number of rotatable bonds is 4. The first-order valence-electron chi connectivity index (χ1n) is 9.69. The van der Waals surface area contributed by atoms with E-state index in [2.05, 4.69) is 11.4 Å². The van der Waals surface area contributed by atoms with E-state index in [0.717, 1.165) is 11.3 Å². The third-order valence-electron chi connectivity index (χ3n) is 5.12. The second-order valence-electron chi connectivity index (χ2n) is 7.25. The van der Waals surface area contributed by atoms with E-state index in [1.807, 2.05) is 48.9 Å². The molecule has 0 radical (unpaired) electrons. The van der Waals surface area contributed by atoms with E-state index in [1.54, 1.807) is 37.5 Å². The fraction of sp³-hybridized carbons (Fsp3) is 0.125. The molecule has 0 atom stereocenters. The lowest BCUT2D eigenvalue weighted by molar-refractivity contribution is -0.122. The predicted octanol–water partition coefficient (Wildman–Crippen LogP) is 3.93. The number of aryl methyl sites for hydroxylation is 2. The molecule has 0 aliphatic carbocycles. The number of benzene rings is 2. The topological polar surface area (TPSA) is 63.6 Å². The monoisotopic (exact) mass is 431 g/mol. The minimum atomic E-state index is -0.520. The molecule has 0 saturated carbocycles. The molecule has 3 aromatic rings. The van der Waals surface area contributed by atoms with Crippen LogP contribution in [0.1, 0.15) is 16.8 Å². The predicted molar refractivity (Wildman–Crippen MR) is 124 cm³/mol. The van der Waals surface area contributed by atoms with Crippen LogP contribution in [-0.2, 0) is 9.59 Å². The summed E-state index contributed by atoms with van der Waals surface area (Å²) in [7, 11) is 1.57. The zero-order valence-electron chi connectivity index (χ0n) is 17.4. The highest BCUT2D eigenvalue weighted by Crippen LogP contribution is 2.25. The lowest BCUT2D eigenvalue weighted by Gasteiger charge is -2.29. The van der Waals surface area contributed by atoms with Gasteiger partial charge in [-0.3, -0.25) is 19.8 Å². The van der Waals surface area contributed by atoms with Crippen LogP contribution in [0.2, 0.25) is 0 Å². The van der Waals surface area contributed by atoms with Gasteiger partial charge in [-0.2, -0.15) is 0 Å². The molecular formula is C24H21N3O3S. The molecule has 156 valence electrons. The van der Waals surface area contributed by atoms with Crippen molar-refractivity contribution in [3.8, 4) is 11.4 Å². The Morgan fingerprint density at radius 3 is 2.45 bits per heavy atom. The molecule has 1 aliphatic rings. The first-order valence-corrected chi connectivity index (χ1v) is 10.1. The van der Waals surface area contributed by atoms with Gasteiger partial charge in [0.25, 0.3) is 11.8 Å². The number of hydrogen-bond acceptors (Lipinski definition) is 4. The zero-order valence-corrected chi connectivity index (χ0v) is 18.2. The molecule has 1 aromatic heterocycles. The van der Waals surface area contributed by atoms with Gasteiger partial charge in [0.15, 0.2) is 5.11 Å². The highest BCUT2D eigenvalue weighted by atomic mass is 32.1. The van der Waals surface area contributed by atoms with Crippen LogP contribution in [0, 0.1) is 13.8 Å². The number of anilines is 1. The molecule has 1 aliphatic heterocycles. The summed E-state index contributed by atoms with van der Waals surface area (Å²) in [6.07, 6.45) is 3.50. The van der Waals surface area contributed by atoms with E-state index in [-0.39, 0.29) is 10.7 Å². The minimum absolute atomic E-state index is 0.00846. The van der Waals surface area contributed by atoms with Crippen molar-refractivity contribution in [3.05, 3.63) is 83.2 Å². The van der Waals surface area contributed by atoms with Gasteiger partial charge in [-0.05, 0) is 80.2 Å². The Kier molecular flexibility index (Phi) is 5.44. The number of nitrogens with zero attached hydrogens (tertiary/aromatic N) is 2. The Balaban J connectivity index is 1.74. The van der Waals surface area contributed by atoms with Crippen LogP contribution in [0.25, 0.3) is 11.8 Å². The van der Waals surface area contributed by atoms with Crippen LogP contribution < -0.4 is 15.0 Å². The summed E-state index contributed by atoms with van der Waals surface area (Å²) >= 11 is 5.27. The van der Waals surface area contributed by atoms with E-state index < -0.39 is 11.8 Å². The first kappa shape index (κ1) is 20.6. The van der Waals surface area contributed by atoms with Crippen molar-refractivity contribution in [2.45, 2.75) is 13.8 Å². The van der Waals surface area contributed by atoms with Crippen LogP contribution in [0.15, 0.2) is 66.4 Å². The average Bonchev–Trinajstić information content (AvgIpc) is 3.19. The van der Waals surface area contributed by atoms with Crippen LogP contribution in [-0.4, -0.2) is 28.6 Å². The molecule has 2 aromatic carbocycles. The normalized spacial score (nSPS) is 15.4. The summed E-state index contributed by atoms with van der Waals surface area (Å²) in [5.74, 6) is -0.342. The fourth-order valence-corrected chi connectivity index (χ4v) is 3.86. The maximum Gasteiger partial charge on any atom is 0.270 e. The van der Waals surface area contributed by atoms with E-state index in [1.165, 1.54) is 10.5 Å². The third kappa shape index (κ3) is 3.87.